The van der Waals surface area contributed by atoms with Crippen molar-refractivity contribution in [2.45, 2.75) is 46.8 Å². The fourth-order valence-electron chi connectivity index (χ4n) is 2.77. The molecule has 124 valence electrons. The summed E-state index contributed by atoms with van der Waals surface area (Å²) in [5, 5.41) is 0. The second-order valence-electron chi connectivity index (χ2n) is 6.26. The molecule has 0 saturated heterocycles. The van der Waals surface area contributed by atoms with Gasteiger partial charge in [0.2, 0.25) is 0 Å². The maximum atomic E-state index is 6.08. The summed E-state index contributed by atoms with van der Waals surface area (Å²) in [6, 6.07) is 17.1. The van der Waals surface area contributed by atoms with Crippen LogP contribution in [0.1, 0.15) is 50.3 Å². The standard InChI is InChI=1S/C21H29NO/c1-5-22(6-2)15-18-10-9-11-19(14-18)16-23-21-13-8-7-12-20(21)17(3)4/h7-14,17H,5-6,15-16H2,1-4H3. The van der Waals surface area contributed by atoms with Crippen molar-refractivity contribution < 1.29 is 4.74 Å². The molecule has 0 bridgehead atoms. The molecule has 0 amide bonds. The lowest BCUT2D eigenvalue weighted by molar-refractivity contribution is 0.292. The lowest BCUT2D eigenvalue weighted by atomic mass is 10.0. The van der Waals surface area contributed by atoms with Crippen LogP contribution in [-0.4, -0.2) is 18.0 Å². The average molecular weight is 311 g/mol. The zero-order valence-corrected chi connectivity index (χ0v) is 14.9. The van der Waals surface area contributed by atoms with Gasteiger partial charge in [-0.2, -0.15) is 0 Å². The van der Waals surface area contributed by atoms with Crippen LogP contribution in [0.15, 0.2) is 48.5 Å². The van der Waals surface area contributed by atoms with Crippen molar-refractivity contribution in [1.82, 2.24) is 4.90 Å². The van der Waals surface area contributed by atoms with Crippen LogP contribution in [0, 0.1) is 0 Å². The van der Waals surface area contributed by atoms with E-state index in [1.165, 1.54) is 16.7 Å². The van der Waals surface area contributed by atoms with Crippen molar-refractivity contribution in [3.8, 4) is 5.75 Å². The van der Waals surface area contributed by atoms with Crippen LogP contribution in [0.4, 0.5) is 0 Å². The van der Waals surface area contributed by atoms with Gasteiger partial charge in [0.15, 0.2) is 0 Å². The smallest absolute Gasteiger partial charge is 0.123 e. The predicted octanol–water partition coefficient (Wildman–Crippen LogP) is 5.23. The zero-order chi connectivity index (χ0) is 16.7. The maximum absolute atomic E-state index is 6.08. The number of benzene rings is 2. The molecular formula is C21H29NO. The first kappa shape index (κ1) is 17.6. The monoisotopic (exact) mass is 311 g/mol. The van der Waals surface area contributed by atoms with E-state index in [-0.39, 0.29) is 0 Å². The van der Waals surface area contributed by atoms with Gasteiger partial charge in [0.25, 0.3) is 0 Å². The van der Waals surface area contributed by atoms with Crippen molar-refractivity contribution in [2.24, 2.45) is 0 Å². The molecule has 0 aromatic heterocycles. The van der Waals surface area contributed by atoms with E-state index in [0.717, 1.165) is 25.4 Å². The first-order valence-corrected chi connectivity index (χ1v) is 8.65. The Morgan fingerprint density at radius 2 is 1.61 bits per heavy atom. The van der Waals surface area contributed by atoms with E-state index in [1.807, 2.05) is 6.07 Å². The van der Waals surface area contributed by atoms with E-state index in [0.29, 0.717) is 12.5 Å². The number of ether oxygens (including phenoxy) is 1. The van der Waals surface area contributed by atoms with Crippen molar-refractivity contribution in [1.29, 1.82) is 0 Å². The molecule has 0 fully saturated rings. The highest BCUT2D eigenvalue weighted by Crippen LogP contribution is 2.26. The Kier molecular flexibility index (Phi) is 6.66. The van der Waals surface area contributed by atoms with Gasteiger partial charge in [0.05, 0.1) is 0 Å². The molecule has 2 heteroatoms. The third-order valence-corrected chi connectivity index (χ3v) is 4.23. The molecule has 23 heavy (non-hydrogen) atoms. The number of rotatable bonds is 8. The molecule has 0 heterocycles. The number of hydrogen-bond acceptors (Lipinski definition) is 2. The van der Waals surface area contributed by atoms with Crippen LogP contribution in [0.25, 0.3) is 0 Å². The topological polar surface area (TPSA) is 12.5 Å². The second kappa shape index (κ2) is 8.73. The van der Waals surface area contributed by atoms with Gasteiger partial charge in [-0.05, 0) is 41.8 Å². The third-order valence-electron chi connectivity index (χ3n) is 4.23. The Hall–Kier alpha value is -1.80. The van der Waals surface area contributed by atoms with E-state index in [2.05, 4.69) is 75.1 Å². The number of hydrogen-bond donors (Lipinski definition) is 0. The normalized spacial score (nSPS) is 11.2. The lowest BCUT2D eigenvalue weighted by Crippen LogP contribution is -2.22. The molecule has 0 aliphatic heterocycles. The minimum atomic E-state index is 0.472. The minimum Gasteiger partial charge on any atom is -0.489 e. The second-order valence-corrected chi connectivity index (χ2v) is 6.26. The largest absolute Gasteiger partial charge is 0.489 e. The van der Waals surface area contributed by atoms with Gasteiger partial charge in [0.1, 0.15) is 12.4 Å². The van der Waals surface area contributed by atoms with Crippen molar-refractivity contribution in [3.63, 3.8) is 0 Å². The molecule has 0 radical (unpaired) electrons. The highest BCUT2D eigenvalue weighted by molar-refractivity contribution is 5.36. The molecular weight excluding hydrogens is 282 g/mol. The van der Waals surface area contributed by atoms with E-state index >= 15 is 0 Å². The highest BCUT2D eigenvalue weighted by Gasteiger charge is 2.07. The molecule has 0 N–H and O–H groups in total. The molecule has 0 aliphatic carbocycles. The Labute approximate surface area is 141 Å². The van der Waals surface area contributed by atoms with Crippen LogP contribution < -0.4 is 4.74 Å². The summed E-state index contributed by atoms with van der Waals surface area (Å²) in [5.74, 6) is 1.47. The summed E-state index contributed by atoms with van der Waals surface area (Å²) in [6.07, 6.45) is 0. The van der Waals surface area contributed by atoms with Crippen LogP contribution in [-0.2, 0) is 13.2 Å². The Morgan fingerprint density at radius 3 is 2.30 bits per heavy atom. The molecule has 2 nitrogen and oxygen atoms in total. The molecule has 0 spiro atoms. The Morgan fingerprint density at radius 1 is 0.913 bits per heavy atom. The minimum absolute atomic E-state index is 0.472. The summed E-state index contributed by atoms with van der Waals surface area (Å²) in [6.45, 7) is 12.6. The number of para-hydroxylation sites is 1. The van der Waals surface area contributed by atoms with Crippen molar-refractivity contribution in [2.75, 3.05) is 13.1 Å². The summed E-state index contributed by atoms with van der Waals surface area (Å²) in [4.78, 5) is 2.42. The molecule has 0 saturated carbocycles. The van der Waals surface area contributed by atoms with Gasteiger partial charge in [-0.25, -0.2) is 0 Å². The zero-order valence-electron chi connectivity index (χ0n) is 14.9. The fraction of sp³-hybridized carbons (Fsp3) is 0.429. The van der Waals surface area contributed by atoms with Crippen molar-refractivity contribution >= 4 is 0 Å². The van der Waals surface area contributed by atoms with Crippen LogP contribution in [0.5, 0.6) is 5.75 Å². The molecule has 2 aromatic rings. The first-order valence-electron chi connectivity index (χ1n) is 8.65. The average Bonchev–Trinajstić information content (AvgIpc) is 2.58. The Bertz CT molecular complexity index is 602. The van der Waals surface area contributed by atoms with Gasteiger partial charge < -0.3 is 4.74 Å². The summed E-state index contributed by atoms with van der Waals surface area (Å²) >= 11 is 0. The van der Waals surface area contributed by atoms with E-state index < -0.39 is 0 Å². The van der Waals surface area contributed by atoms with E-state index in [1.54, 1.807) is 0 Å². The van der Waals surface area contributed by atoms with E-state index in [9.17, 15) is 0 Å². The molecule has 2 aromatic carbocycles. The first-order chi connectivity index (χ1) is 11.1. The third kappa shape index (κ3) is 5.11. The van der Waals surface area contributed by atoms with E-state index in [4.69, 9.17) is 4.74 Å². The van der Waals surface area contributed by atoms with Gasteiger partial charge in [0, 0.05) is 6.54 Å². The molecule has 2 rings (SSSR count). The van der Waals surface area contributed by atoms with Crippen LogP contribution in [0.3, 0.4) is 0 Å². The number of nitrogens with zero attached hydrogens (tertiary/aromatic N) is 1. The molecule has 0 atom stereocenters. The quantitative estimate of drug-likeness (QED) is 0.662. The summed E-state index contributed by atoms with van der Waals surface area (Å²) < 4.78 is 6.08. The van der Waals surface area contributed by atoms with Crippen molar-refractivity contribution in [3.05, 3.63) is 65.2 Å². The van der Waals surface area contributed by atoms with Gasteiger partial charge >= 0.3 is 0 Å². The molecule has 0 unspecified atom stereocenters. The highest BCUT2D eigenvalue weighted by atomic mass is 16.5. The summed E-state index contributed by atoms with van der Waals surface area (Å²) in [5.41, 5.74) is 3.85. The summed E-state index contributed by atoms with van der Waals surface area (Å²) in [7, 11) is 0. The Balaban J connectivity index is 2.04. The maximum Gasteiger partial charge on any atom is 0.123 e. The van der Waals surface area contributed by atoms with Crippen LogP contribution in [0.2, 0.25) is 0 Å². The lowest BCUT2D eigenvalue weighted by Gasteiger charge is -2.18. The molecule has 0 aliphatic rings. The van der Waals surface area contributed by atoms with Gasteiger partial charge in [-0.1, -0.05) is 70.2 Å². The van der Waals surface area contributed by atoms with Crippen LogP contribution >= 0.6 is 0 Å². The SMILES string of the molecule is CCN(CC)Cc1cccc(COc2ccccc2C(C)C)c1. The fourth-order valence-corrected chi connectivity index (χ4v) is 2.77. The van der Waals surface area contributed by atoms with Gasteiger partial charge in [-0.3, -0.25) is 4.90 Å². The van der Waals surface area contributed by atoms with Gasteiger partial charge in [-0.15, -0.1) is 0 Å². The predicted molar refractivity (Wildman–Crippen MR) is 97.9 cm³/mol.